The molecule has 5 heteroatoms. The van der Waals surface area contributed by atoms with E-state index in [0.29, 0.717) is 0 Å². The Hall–Kier alpha value is -1.10. The Labute approximate surface area is 103 Å². The van der Waals surface area contributed by atoms with E-state index in [-0.39, 0.29) is 18.4 Å². The first-order valence-corrected chi connectivity index (χ1v) is 5.79. The van der Waals surface area contributed by atoms with E-state index in [4.69, 9.17) is 0 Å². The summed E-state index contributed by atoms with van der Waals surface area (Å²) < 4.78 is 0. The maximum Gasteiger partial charge on any atom is 0.244 e. The molecule has 0 aromatic heterocycles. The van der Waals surface area contributed by atoms with Crippen LogP contribution in [0.5, 0.6) is 0 Å². The Bertz CT molecular complexity index is 282. The Morgan fingerprint density at radius 2 is 1.76 bits per heavy atom. The number of nitrogens with one attached hydrogen (secondary N) is 1. The van der Waals surface area contributed by atoms with Crippen LogP contribution in [0, 0.1) is 5.41 Å². The van der Waals surface area contributed by atoms with Gasteiger partial charge in [0.15, 0.2) is 0 Å². The van der Waals surface area contributed by atoms with Crippen LogP contribution >= 0.6 is 0 Å². The Morgan fingerprint density at radius 1 is 1.29 bits per heavy atom. The lowest BCUT2D eigenvalue weighted by molar-refractivity contribution is -0.138. The van der Waals surface area contributed by atoms with Gasteiger partial charge >= 0.3 is 0 Å². The second-order valence-electron chi connectivity index (χ2n) is 5.51. The van der Waals surface area contributed by atoms with Gasteiger partial charge in [-0.25, -0.2) is 0 Å². The van der Waals surface area contributed by atoms with Crippen molar-refractivity contribution >= 4 is 11.8 Å². The Balaban J connectivity index is 4.37. The van der Waals surface area contributed by atoms with Crippen LogP contribution in [0.1, 0.15) is 34.6 Å². The van der Waals surface area contributed by atoms with Crippen LogP contribution in [0.25, 0.3) is 0 Å². The summed E-state index contributed by atoms with van der Waals surface area (Å²) in [5, 5.41) is 11.8. The first-order chi connectivity index (χ1) is 7.55. The molecule has 0 saturated carbocycles. The fraction of sp³-hybridized carbons (Fsp3) is 0.833. The first kappa shape index (κ1) is 15.9. The van der Waals surface area contributed by atoms with Gasteiger partial charge in [0.25, 0.3) is 0 Å². The van der Waals surface area contributed by atoms with Crippen molar-refractivity contribution in [1.82, 2.24) is 10.2 Å². The molecule has 0 spiro atoms. The molecule has 0 aliphatic rings. The highest BCUT2D eigenvalue weighted by atomic mass is 16.3. The minimum absolute atomic E-state index is 0.163. The average Bonchev–Trinajstić information content (AvgIpc) is 2.13. The van der Waals surface area contributed by atoms with E-state index < -0.39 is 17.6 Å². The molecule has 0 heterocycles. The number of rotatable bonds is 4. The molecular weight excluding hydrogens is 220 g/mol. The summed E-state index contributed by atoms with van der Waals surface area (Å²) in [6.45, 7) is 8.89. The zero-order valence-electron chi connectivity index (χ0n) is 11.6. The number of hydrogen-bond acceptors (Lipinski definition) is 3. The van der Waals surface area contributed by atoms with Gasteiger partial charge < -0.3 is 15.3 Å². The van der Waals surface area contributed by atoms with E-state index >= 15 is 0 Å². The summed E-state index contributed by atoms with van der Waals surface area (Å²) >= 11 is 0. The van der Waals surface area contributed by atoms with E-state index in [1.807, 2.05) is 0 Å². The lowest BCUT2D eigenvalue weighted by Crippen LogP contribution is -2.49. The monoisotopic (exact) mass is 244 g/mol. The quantitative estimate of drug-likeness (QED) is 0.751. The van der Waals surface area contributed by atoms with Gasteiger partial charge in [0.05, 0.1) is 6.10 Å². The van der Waals surface area contributed by atoms with Gasteiger partial charge in [-0.2, -0.15) is 0 Å². The lowest BCUT2D eigenvalue weighted by Gasteiger charge is -2.25. The first-order valence-electron chi connectivity index (χ1n) is 5.79. The van der Waals surface area contributed by atoms with Crippen molar-refractivity contribution < 1.29 is 14.7 Å². The van der Waals surface area contributed by atoms with Crippen molar-refractivity contribution in [1.29, 1.82) is 0 Å². The van der Waals surface area contributed by atoms with E-state index in [2.05, 4.69) is 5.32 Å². The normalized spacial score (nSPS) is 15.0. The van der Waals surface area contributed by atoms with Gasteiger partial charge in [0.2, 0.25) is 11.8 Å². The smallest absolute Gasteiger partial charge is 0.244 e. The highest BCUT2D eigenvalue weighted by molar-refractivity contribution is 5.89. The fourth-order valence-electron chi connectivity index (χ4n) is 1.29. The molecule has 100 valence electrons. The molecule has 5 nitrogen and oxygen atoms in total. The zero-order valence-corrected chi connectivity index (χ0v) is 11.6. The second kappa shape index (κ2) is 6.00. The van der Waals surface area contributed by atoms with Crippen LogP contribution in [0.15, 0.2) is 0 Å². The van der Waals surface area contributed by atoms with Gasteiger partial charge in [0.1, 0.15) is 6.04 Å². The number of likely N-dealkylation sites (N-methyl/N-ethyl adjacent to an activating group) is 1. The van der Waals surface area contributed by atoms with Crippen molar-refractivity contribution in [2.24, 2.45) is 5.41 Å². The molecule has 0 radical (unpaired) electrons. The molecule has 0 aromatic rings. The standard InChI is InChI=1S/C12H24N2O3/c1-8(15)7-14(6)10(16)9(2)13-11(17)12(3,4)5/h8-9,15H,7H2,1-6H3,(H,13,17). The number of carbonyl (C=O) groups excluding carboxylic acids is 2. The summed E-state index contributed by atoms with van der Waals surface area (Å²) in [6.07, 6.45) is -0.575. The molecule has 17 heavy (non-hydrogen) atoms. The van der Waals surface area contributed by atoms with Crippen LogP contribution in [0.3, 0.4) is 0 Å². The minimum atomic E-state index is -0.578. The average molecular weight is 244 g/mol. The lowest BCUT2D eigenvalue weighted by atomic mass is 9.95. The minimum Gasteiger partial charge on any atom is -0.392 e. The number of nitrogens with zero attached hydrogens (tertiary/aromatic N) is 1. The Kier molecular flexibility index (Phi) is 5.61. The van der Waals surface area contributed by atoms with Crippen molar-refractivity contribution in [3.63, 3.8) is 0 Å². The van der Waals surface area contributed by atoms with Gasteiger partial charge in [0, 0.05) is 19.0 Å². The summed E-state index contributed by atoms with van der Waals surface area (Å²) in [4.78, 5) is 24.9. The third-order valence-corrected chi connectivity index (χ3v) is 2.31. The van der Waals surface area contributed by atoms with Crippen molar-refractivity contribution in [2.45, 2.75) is 46.8 Å². The summed E-state index contributed by atoms with van der Waals surface area (Å²) in [5.41, 5.74) is -0.516. The van der Waals surface area contributed by atoms with Gasteiger partial charge in [-0.05, 0) is 13.8 Å². The highest BCUT2D eigenvalue weighted by Gasteiger charge is 2.26. The SMILES string of the molecule is CC(O)CN(C)C(=O)C(C)NC(=O)C(C)(C)C. The number of carbonyl (C=O) groups is 2. The summed E-state index contributed by atoms with van der Waals surface area (Å²) in [7, 11) is 1.61. The molecule has 0 saturated heterocycles. The third kappa shape index (κ3) is 5.68. The summed E-state index contributed by atoms with van der Waals surface area (Å²) in [5.74, 6) is -0.368. The van der Waals surface area contributed by atoms with Crippen molar-refractivity contribution in [3.8, 4) is 0 Å². The van der Waals surface area contributed by atoms with Crippen LogP contribution < -0.4 is 5.32 Å². The molecule has 2 atom stereocenters. The predicted molar refractivity (Wildman–Crippen MR) is 66.4 cm³/mol. The molecule has 0 aliphatic carbocycles. The Morgan fingerprint density at radius 3 is 2.12 bits per heavy atom. The number of amides is 2. The molecular formula is C12H24N2O3. The second-order valence-corrected chi connectivity index (χ2v) is 5.51. The van der Waals surface area contributed by atoms with Gasteiger partial charge in [-0.3, -0.25) is 9.59 Å². The molecule has 0 fully saturated rings. The van der Waals surface area contributed by atoms with Crippen molar-refractivity contribution in [2.75, 3.05) is 13.6 Å². The van der Waals surface area contributed by atoms with Crippen LogP contribution in [0.2, 0.25) is 0 Å². The molecule has 0 aromatic carbocycles. The van der Waals surface area contributed by atoms with E-state index in [9.17, 15) is 14.7 Å². The maximum absolute atomic E-state index is 11.8. The third-order valence-electron chi connectivity index (χ3n) is 2.31. The maximum atomic E-state index is 11.8. The molecule has 0 aliphatic heterocycles. The number of hydrogen-bond donors (Lipinski definition) is 2. The van der Waals surface area contributed by atoms with Gasteiger partial charge in [-0.15, -0.1) is 0 Å². The zero-order chi connectivity index (χ0) is 13.8. The number of aliphatic hydroxyl groups excluding tert-OH is 1. The van der Waals surface area contributed by atoms with Crippen LogP contribution in [0.4, 0.5) is 0 Å². The molecule has 0 rings (SSSR count). The van der Waals surface area contributed by atoms with E-state index in [0.717, 1.165) is 0 Å². The highest BCUT2D eigenvalue weighted by Crippen LogP contribution is 2.13. The predicted octanol–water partition coefficient (Wildman–Crippen LogP) is 0.376. The summed E-state index contributed by atoms with van der Waals surface area (Å²) in [6, 6.07) is -0.578. The van der Waals surface area contributed by atoms with E-state index in [1.165, 1.54) is 4.90 Å². The molecule has 2 unspecified atom stereocenters. The number of aliphatic hydroxyl groups is 1. The topological polar surface area (TPSA) is 69.6 Å². The van der Waals surface area contributed by atoms with Crippen LogP contribution in [-0.2, 0) is 9.59 Å². The molecule has 2 amide bonds. The van der Waals surface area contributed by atoms with E-state index in [1.54, 1.807) is 41.7 Å². The molecule has 2 N–H and O–H groups in total. The van der Waals surface area contributed by atoms with Crippen LogP contribution in [-0.4, -0.2) is 47.6 Å². The fourth-order valence-corrected chi connectivity index (χ4v) is 1.29. The largest absolute Gasteiger partial charge is 0.392 e. The van der Waals surface area contributed by atoms with Crippen molar-refractivity contribution in [3.05, 3.63) is 0 Å². The van der Waals surface area contributed by atoms with Gasteiger partial charge in [-0.1, -0.05) is 20.8 Å². The molecule has 0 bridgehead atoms.